The summed E-state index contributed by atoms with van der Waals surface area (Å²) < 4.78 is 0. The number of hydrogen-bond acceptors (Lipinski definition) is 4. The first kappa shape index (κ1) is 14.7. The van der Waals surface area contributed by atoms with Gasteiger partial charge < -0.3 is 15.4 Å². The standard InChI is InChI=1S/C19H18N4O/c24-11-14(10-13-6-2-1-3-7-13)22-18-17-15-8-4-5-9-16(15)23-19(17)21-12-20-18/h1-9,12,14,24H,10-11H2,(H2,20,21,22,23). The first-order chi connectivity index (χ1) is 11.8. The molecule has 2 aromatic heterocycles. The van der Waals surface area contributed by atoms with Crippen LogP contribution in [0.3, 0.4) is 0 Å². The highest BCUT2D eigenvalue weighted by Crippen LogP contribution is 2.29. The molecule has 0 spiro atoms. The van der Waals surface area contributed by atoms with E-state index in [-0.39, 0.29) is 12.6 Å². The van der Waals surface area contributed by atoms with Crippen molar-refractivity contribution in [3.8, 4) is 0 Å². The third-order valence-electron chi connectivity index (χ3n) is 4.18. The smallest absolute Gasteiger partial charge is 0.143 e. The molecule has 1 atom stereocenters. The number of nitrogens with zero attached hydrogens (tertiary/aromatic N) is 2. The maximum Gasteiger partial charge on any atom is 0.143 e. The highest BCUT2D eigenvalue weighted by atomic mass is 16.3. The number of anilines is 1. The van der Waals surface area contributed by atoms with Crippen molar-refractivity contribution < 1.29 is 5.11 Å². The Bertz CT molecular complexity index is 965. The molecule has 2 heterocycles. The average Bonchev–Trinajstić information content (AvgIpc) is 3.01. The lowest BCUT2D eigenvalue weighted by Gasteiger charge is -2.17. The fourth-order valence-corrected chi connectivity index (χ4v) is 3.04. The number of H-pyrrole nitrogens is 1. The monoisotopic (exact) mass is 318 g/mol. The van der Waals surface area contributed by atoms with Gasteiger partial charge >= 0.3 is 0 Å². The Morgan fingerprint density at radius 1 is 1.00 bits per heavy atom. The number of aromatic nitrogens is 3. The number of aliphatic hydroxyl groups excluding tert-OH is 1. The van der Waals surface area contributed by atoms with Crippen molar-refractivity contribution >= 4 is 27.8 Å². The minimum absolute atomic E-state index is 0.0305. The number of aromatic amines is 1. The molecule has 0 radical (unpaired) electrons. The van der Waals surface area contributed by atoms with Crippen molar-refractivity contribution in [2.75, 3.05) is 11.9 Å². The van der Waals surface area contributed by atoms with Gasteiger partial charge in [0, 0.05) is 10.9 Å². The van der Waals surface area contributed by atoms with Crippen LogP contribution in [0.1, 0.15) is 5.56 Å². The number of hydrogen-bond donors (Lipinski definition) is 3. The molecule has 120 valence electrons. The second kappa shape index (κ2) is 6.29. The molecule has 1 unspecified atom stereocenters. The van der Waals surface area contributed by atoms with Crippen LogP contribution in [0.4, 0.5) is 5.82 Å². The molecule has 2 aromatic carbocycles. The molecule has 0 aliphatic heterocycles. The fourth-order valence-electron chi connectivity index (χ4n) is 3.04. The summed E-state index contributed by atoms with van der Waals surface area (Å²) in [6.45, 7) is 0.0305. The van der Waals surface area contributed by atoms with E-state index in [2.05, 4.69) is 32.4 Å². The number of para-hydroxylation sites is 1. The highest BCUT2D eigenvalue weighted by molar-refractivity contribution is 6.10. The normalized spacial score (nSPS) is 12.5. The maximum atomic E-state index is 9.77. The SMILES string of the molecule is OCC(Cc1ccccc1)Nc1ncnc2[nH]c3ccccc3c12. The summed E-state index contributed by atoms with van der Waals surface area (Å²) in [5, 5.41) is 15.2. The molecule has 3 N–H and O–H groups in total. The van der Waals surface area contributed by atoms with Crippen molar-refractivity contribution in [2.24, 2.45) is 0 Å². The van der Waals surface area contributed by atoms with Crippen LogP contribution in [0.5, 0.6) is 0 Å². The summed E-state index contributed by atoms with van der Waals surface area (Å²) in [7, 11) is 0. The molecule has 0 saturated carbocycles. The van der Waals surface area contributed by atoms with Gasteiger partial charge in [-0.25, -0.2) is 9.97 Å². The minimum Gasteiger partial charge on any atom is -0.394 e. The zero-order valence-electron chi connectivity index (χ0n) is 13.1. The number of aliphatic hydroxyl groups is 1. The van der Waals surface area contributed by atoms with Crippen LogP contribution in [-0.4, -0.2) is 32.7 Å². The van der Waals surface area contributed by atoms with Crippen LogP contribution in [0, 0.1) is 0 Å². The van der Waals surface area contributed by atoms with Crippen LogP contribution in [-0.2, 0) is 6.42 Å². The van der Waals surface area contributed by atoms with Gasteiger partial charge in [0.05, 0.1) is 18.0 Å². The van der Waals surface area contributed by atoms with E-state index in [1.165, 1.54) is 11.9 Å². The summed E-state index contributed by atoms with van der Waals surface area (Å²) in [4.78, 5) is 12.0. The first-order valence-electron chi connectivity index (χ1n) is 7.98. The van der Waals surface area contributed by atoms with Gasteiger partial charge in [-0.05, 0) is 18.1 Å². The molecule has 0 aliphatic carbocycles. The average molecular weight is 318 g/mol. The first-order valence-corrected chi connectivity index (χ1v) is 7.98. The van der Waals surface area contributed by atoms with Gasteiger partial charge in [-0.15, -0.1) is 0 Å². The van der Waals surface area contributed by atoms with E-state index in [1.807, 2.05) is 42.5 Å². The highest BCUT2D eigenvalue weighted by Gasteiger charge is 2.15. The Morgan fingerprint density at radius 2 is 1.79 bits per heavy atom. The lowest BCUT2D eigenvalue weighted by Crippen LogP contribution is -2.27. The molecule has 4 aromatic rings. The Hall–Kier alpha value is -2.92. The molecule has 5 nitrogen and oxygen atoms in total. The van der Waals surface area contributed by atoms with Crippen molar-refractivity contribution in [2.45, 2.75) is 12.5 Å². The summed E-state index contributed by atoms with van der Waals surface area (Å²) in [6.07, 6.45) is 2.27. The predicted octanol–water partition coefficient (Wildman–Crippen LogP) is 3.13. The number of rotatable bonds is 5. The third-order valence-corrected chi connectivity index (χ3v) is 4.18. The lowest BCUT2D eigenvalue weighted by molar-refractivity contribution is 0.273. The van der Waals surface area contributed by atoms with Crippen molar-refractivity contribution in [1.82, 2.24) is 15.0 Å². The van der Waals surface area contributed by atoms with Gasteiger partial charge in [0.15, 0.2) is 0 Å². The van der Waals surface area contributed by atoms with E-state index in [4.69, 9.17) is 0 Å². The van der Waals surface area contributed by atoms with E-state index < -0.39 is 0 Å². The molecular formula is C19H18N4O. The second-order valence-electron chi connectivity index (χ2n) is 5.83. The largest absolute Gasteiger partial charge is 0.394 e. The summed E-state index contributed by atoms with van der Waals surface area (Å²) in [5.74, 6) is 0.743. The van der Waals surface area contributed by atoms with Gasteiger partial charge in [-0.2, -0.15) is 0 Å². The maximum absolute atomic E-state index is 9.77. The molecular weight excluding hydrogens is 300 g/mol. The van der Waals surface area contributed by atoms with Gasteiger partial charge in [-0.3, -0.25) is 0 Å². The number of benzene rings is 2. The fraction of sp³-hybridized carbons (Fsp3) is 0.158. The molecule has 5 heteroatoms. The van der Waals surface area contributed by atoms with Crippen LogP contribution >= 0.6 is 0 Å². The Balaban J connectivity index is 1.70. The number of nitrogens with one attached hydrogen (secondary N) is 2. The molecule has 24 heavy (non-hydrogen) atoms. The topological polar surface area (TPSA) is 73.8 Å². The van der Waals surface area contributed by atoms with Crippen LogP contribution in [0.15, 0.2) is 60.9 Å². The van der Waals surface area contributed by atoms with Gasteiger partial charge in [0.25, 0.3) is 0 Å². The number of fused-ring (bicyclic) bond motifs is 3. The Labute approximate surface area is 139 Å². The summed E-state index contributed by atoms with van der Waals surface area (Å²) >= 11 is 0. The lowest BCUT2D eigenvalue weighted by atomic mass is 10.1. The molecule has 0 aliphatic rings. The minimum atomic E-state index is -0.112. The Morgan fingerprint density at radius 3 is 2.62 bits per heavy atom. The van der Waals surface area contributed by atoms with Gasteiger partial charge in [-0.1, -0.05) is 48.5 Å². The molecule has 0 fully saturated rings. The summed E-state index contributed by atoms with van der Waals surface area (Å²) in [5.41, 5.74) is 3.00. The van der Waals surface area contributed by atoms with E-state index in [9.17, 15) is 5.11 Å². The second-order valence-corrected chi connectivity index (χ2v) is 5.83. The van der Waals surface area contributed by atoms with E-state index in [0.29, 0.717) is 0 Å². The zero-order valence-corrected chi connectivity index (χ0v) is 13.1. The zero-order chi connectivity index (χ0) is 16.4. The molecule has 0 amide bonds. The van der Waals surface area contributed by atoms with E-state index in [0.717, 1.165) is 34.2 Å². The van der Waals surface area contributed by atoms with Crippen LogP contribution < -0.4 is 5.32 Å². The summed E-state index contributed by atoms with van der Waals surface area (Å²) in [6, 6.07) is 18.1. The molecule has 4 rings (SSSR count). The molecule has 0 saturated heterocycles. The third kappa shape index (κ3) is 2.70. The van der Waals surface area contributed by atoms with E-state index in [1.54, 1.807) is 0 Å². The quantitative estimate of drug-likeness (QED) is 0.528. The van der Waals surface area contributed by atoms with Crippen molar-refractivity contribution in [3.63, 3.8) is 0 Å². The van der Waals surface area contributed by atoms with E-state index >= 15 is 0 Å². The van der Waals surface area contributed by atoms with Crippen molar-refractivity contribution in [3.05, 3.63) is 66.5 Å². The Kier molecular flexibility index (Phi) is 3.84. The predicted molar refractivity (Wildman–Crippen MR) is 96.0 cm³/mol. The van der Waals surface area contributed by atoms with Crippen molar-refractivity contribution in [1.29, 1.82) is 0 Å². The van der Waals surface area contributed by atoms with Gasteiger partial charge in [0.2, 0.25) is 0 Å². The van der Waals surface area contributed by atoms with Crippen LogP contribution in [0.25, 0.3) is 21.9 Å². The van der Waals surface area contributed by atoms with Gasteiger partial charge in [0.1, 0.15) is 17.8 Å². The molecule has 0 bridgehead atoms. The van der Waals surface area contributed by atoms with Crippen LogP contribution in [0.2, 0.25) is 0 Å².